The average molecular weight is 230 g/mol. The molecule has 0 atom stereocenters. The molecule has 5 nitrogen and oxygen atoms in total. The molecule has 0 spiro atoms. The minimum atomic E-state index is 0.463. The Morgan fingerprint density at radius 1 is 1.41 bits per heavy atom. The first-order valence-electron chi connectivity index (χ1n) is 5.94. The van der Waals surface area contributed by atoms with E-state index in [1.165, 1.54) is 0 Å². The zero-order chi connectivity index (χ0) is 11.8. The SMILES string of the molecule is Bc1cnn2c(N)cc(C3CCOCC3)nc12. The Balaban J connectivity index is 2.07. The lowest BCUT2D eigenvalue weighted by Crippen LogP contribution is -2.17. The van der Waals surface area contributed by atoms with Crippen LogP contribution in [-0.4, -0.2) is 35.7 Å². The highest BCUT2D eigenvalue weighted by molar-refractivity contribution is 6.36. The summed E-state index contributed by atoms with van der Waals surface area (Å²) in [6.45, 7) is 1.63. The third-order valence-corrected chi connectivity index (χ3v) is 3.34. The summed E-state index contributed by atoms with van der Waals surface area (Å²) in [6.07, 6.45) is 3.85. The van der Waals surface area contributed by atoms with Crippen LogP contribution in [0.3, 0.4) is 0 Å². The Bertz CT molecular complexity index is 548. The lowest BCUT2D eigenvalue weighted by Gasteiger charge is -2.21. The maximum absolute atomic E-state index is 6.01. The topological polar surface area (TPSA) is 65.4 Å². The van der Waals surface area contributed by atoms with Crippen molar-refractivity contribution < 1.29 is 4.74 Å². The number of nitrogen functional groups attached to an aromatic ring is 1. The van der Waals surface area contributed by atoms with Crippen LogP contribution in [0.25, 0.3) is 5.65 Å². The molecular formula is C11H15BN4O. The first-order valence-corrected chi connectivity index (χ1v) is 5.94. The quantitative estimate of drug-likeness (QED) is 0.668. The van der Waals surface area contributed by atoms with Gasteiger partial charge in [0.25, 0.3) is 0 Å². The van der Waals surface area contributed by atoms with Crippen molar-refractivity contribution in [2.75, 3.05) is 18.9 Å². The fraction of sp³-hybridized carbons (Fsp3) is 0.455. The van der Waals surface area contributed by atoms with Crippen LogP contribution in [0.5, 0.6) is 0 Å². The molecule has 1 fully saturated rings. The van der Waals surface area contributed by atoms with Crippen molar-refractivity contribution >= 4 is 24.8 Å². The van der Waals surface area contributed by atoms with E-state index in [-0.39, 0.29) is 0 Å². The molecule has 0 saturated carbocycles. The lowest BCUT2D eigenvalue weighted by molar-refractivity contribution is 0.0845. The molecule has 2 aromatic rings. The Labute approximate surface area is 100 Å². The van der Waals surface area contributed by atoms with Gasteiger partial charge >= 0.3 is 0 Å². The Morgan fingerprint density at radius 3 is 2.94 bits per heavy atom. The third-order valence-electron chi connectivity index (χ3n) is 3.34. The lowest BCUT2D eigenvalue weighted by atomic mass is 9.95. The van der Waals surface area contributed by atoms with Gasteiger partial charge in [-0.2, -0.15) is 5.10 Å². The van der Waals surface area contributed by atoms with Gasteiger partial charge in [0.1, 0.15) is 13.7 Å². The van der Waals surface area contributed by atoms with E-state index >= 15 is 0 Å². The molecule has 0 aromatic carbocycles. The van der Waals surface area contributed by atoms with E-state index in [2.05, 4.69) is 10.1 Å². The maximum atomic E-state index is 6.01. The molecular weight excluding hydrogens is 215 g/mol. The molecule has 2 aromatic heterocycles. The summed E-state index contributed by atoms with van der Waals surface area (Å²) in [4.78, 5) is 4.68. The van der Waals surface area contributed by atoms with Gasteiger partial charge in [-0.3, -0.25) is 0 Å². The van der Waals surface area contributed by atoms with Gasteiger partial charge in [0.05, 0.1) is 0 Å². The van der Waals surface area contributed by atoms with E-state index in [0.717, 1.165) is 42.9 Å². The third kappa shape index (κ3) is 1.78. The summed E-state index contributed by atoms with van der Waals surface area (Å²) in [6, 6.07) is 1.94. The molecule has 0 aliphatic carbocycles. The number of hydrogen-bond acceptors (Lipinski definition) is 4. The van der Waals surface area contributed by atoms with E-state index in [4.69, 9.17) is 10.5 Å². The predicted octanol–water partition coefficient (Wildman–Crippen LogP) is -0.536. The molecule has 17 heavy (non-hydrogen) atoms. The normalized spacial score (nSPS) is 17.6. The molecule has 6 heteroatoms. The van der Waals surface area contributed by atoms with Crippen molar-refractivity contribution in [3.63, 3.8) is 0 Å². The molecule has 3 rings (SSSR count). The largest absolute Gasteiger partial charge is 0.384 e. The zero-order valence-corrected chi connectivity index (χ0v) is 9.89. The highest BCUT2D eigenvalue weighted by atomic mass is 16.5. The number of nitrogens with two attached hydrogens (primary N) is 1. The Kier molecular flexibility index (Phi) is 2.51. The number of anilines is 1. The number of fused-ring (bicyclic) bond motifs is 1. The molecule has 1 aliphatic rings. The molecule has 0 radical (unpaired) electrons. The van der Waals surface area contributed by atoms with E-state index in [1.807, 2.05) is 13.9 Å². The monoisotopic (exact) mass is 230 g/mol. The summed E-state index contributed by atoms with van der Waals surface area (Å²) < 4.78 is 7.06. The van der Waals surface area contributed by atoms with Crippen molar-refractivity contribution in [2.45, 2.75) is 18.8 Å². The second-order valence-corrected chi connectivity index (χ2v) is 4.56. The molecule has 0 bridgehead atoms. The van der Waals surface area contributed by atoms with Gasteiger partial charge in [0.2, 0.25) is 0 Å². The minimum Gasteiger partial charge on any atom is -0.384 e. The first kappa shape index (κ1) is 10.6. The Hall–Kier alpha value is -1.56. The summed E-state index contributed by atoms with van der Waals surface area (Å²) >= 11 is 0. The molecule has 0 unspecified atom stereocenters. The second kappa shape index (κ2) is 4.03. The number of aromatic nitrogens is 3. The van der Waals surface area contributed by atoms with Crippen LogP contribution in [0.2, 0.25) is 0 Å². The maximum Gasteiger partial charge on any atom is 0.151 e. The molecule has 2 N–H and O–H groups in total. The molecule has 1 saturated heterocycles. The summed E-state index contributed by atoms with van der Waals surface area (Å²) in [5, 5.41) is 4.21. The van der Waals surface area contributed by atoms with Gasteiger partial charge < -0.3 is 10.5 Å². The van der Waals surface area contributed by atoms with Gasteiger partial charge in [-0.15, -0.1) is 0 Å². The highest BCUT2D eigenvalue weighted by Crippen LogP contribution is 2.26. The first-order chi connectivity index (χ1) is 8.25. The number of hydrogen-bond donors (Lipinski definition) is 1. The van der Waals surface area contributed by atoms with Gasteiger partial charge in [-0.05, 0) is 18.3 Å². The summed E-state index contributed by atoms with van der Waals surface area (Å²) in [5.74, 6) is 1.12. The molecule has 0 amide bonds. The van der Waals surface area contributed by atoms with Gasteiger partial charge in [0.15, 0.2) is 5.65 Å². The van der Waals surface area contributed by atoms with Gasteiger partial charge in [-0.1, -0.05) is 0 Å². The van der Waals surface area contributed by atoms with Crippen LogP contribution in [0, 0.1) is 0 Å². The van der Waals surface area contributed by atoms with Crippen molar-refractivity contribution in [3.8, 4) is 0 Å². The summed E-state index contributed by atoms with van der Waals surface area (Å²) in [7, 11) is 2.00. The van der Waals surface area contributed by atoms with E-state index in [1.54, 1.807) is 10.7 Å². The highest BCUT2D eigenvalue weighted by Gasteiger charge is 2.19. The van der Waals surface area contributed by atoms with Crippen LogP contribution < -0.4 is 11.2 Å². The van der Waals surface area contributed by atoms with E-state index < -0.39 is 0 Å². The van der Waals surface area contributed by atoms with Crippen LogP contribution >= 0.6 is 0 Å². The van der Waals surface area contributed by atoms with Crippen molar-refractivity contribution in [2.24, 2.45) is 0 Å². The van der Waals surface area contributed by atoms with Crippen LogP contribution in [0.1, 0.15) is 24.5 Å². The van der Waals surface area contributed by atoms with Crippen molar-refractivity contribution in [1.82, 2.24) is 14.6 Å². The molecule has 1 aliphatic heterocycles. The van der Waals surface area contributed by atoms with Crippen LogP contribution in [0.15, 0.2) is 12.3 Å². The second-order valence-electron chi connectivity index (χ2n) is 4.56. The van der Waals surface area contributed by atoms with Crippen LogP contribution in [-0.2, 0) is 4.74 Å². The van der Waals surface area contributed by atoms with Crippen LogP contribution in [0.4, 0.5) is 5.82 Å². The average Bonchev–Trinajstić information content (AvgIpc) is 2.73. The molecule has 88 valence electrons. The van der Waals surface area contributed by atoms with Crippen molar-refractivity contribution in [3.05, 3.63) is 18.0 Å². The Morgan fingerprint density at radius 2 is 2.18 bits per heavy atom. The van der Waals surface area contributed by atoms with Gasteiger partial charge in [-0.25, -0.2) is 9.50 Å². The fourth-order valence-electron chi connectivity index (χ4n) is 2.32. The standard InChI is InChI=1S/C11H15BN4O/c12-8-6-14-16-10(13)5-9(15-11(8)16)7-1-3-17-4-2-7/h5-7H,1-4,12-13H2. The van der Waals surface area contributed by atoms with Gasteiger partial charge in [0, 0.05) is 37.1 Å². The molecule has 3 heterocycles. The smallest absolute Gasteiger partial charge is 0.151 e. The fourth-order valence-corrected chi connectivity index (χ4v) is 2.32. The number of rotatable bonds is 1. The van der Waals surface area contributed by atoms with E-state index in [9.17, 15) is 0 Å². The summed E-state index contributed by atoms with van der Waals surface area (Å²) in [5.41, 5.74) is 9.01. The number of ether oxygens (including phenoxy) is 1. The van der Waals surface area contributed by atoms with E-state index in [0.29, 0.717) is 11.7 Å². The van der Waals surface area contributed by atoms with Crippen molar-refractivity contribution in [1.29, 1.82) is 0 Å². The number of nitrogens with zero attached hydrogens (tertiary/aromatic N) is 3. The predicted molar refractivity (Wildman–Crippen MR) is 68.4 cm³/mol. The minimum absolute atomic E-state index is 0.463. The zero-order valence-electron chi connectivity index (χ0n) is 9.89.